The van der Waals surface area contributed by atoms with Crippen molar-refractivity contribution in [2.24, 2.45) is 0 Å². The van der Waals surface area contributed by atoms with Gasteiger partial charge in [-0.25, -0.2) is 0 Å². The minimum Gasteiger partial charge on any atom is -0.497 e. The molecule has 3 aromatic heterocycles. The highest BCUT2D eigenvalue weighted by Crippen LogP contribution is 2.29. The number of hydrogen-bond donors (Lipinski definition) is 0. The van der Waals surface area contributed by atoms with Gasteiger partial charge in [-0.1, -0.05) is 6.07 Å². The summed E-state index contributed by atoms with van der Waals surface area (Å²) in [6, 6.07) is 11.6. The van der Waals surface area contributed by atoms with Crippen LogP contribution in [0.5, 0.6) is 5.75 Å². The summed E-state index contributed by atoms with van der Waals surface area (Å²) in [6.45, 7) is 1.46. The molecule has 1 amide bonds. The Hall–Kier alpha value is -3.35. The van der Waals surface area contributed by atoms with Crippen molar-refractivity contribution in [1.82, 2.24) is 19.5 Å². The summed E-state index contributed by atoms with van der Waals surface area (Å²) in [4.78, 5) is 14.8. The molecule has 7 heteroatoms. The van der Waals surface area contributed by atoms with Crippen molar-refractivity contribution in [1.29, 1.82) is 0 Å². The van der Waals surface area contributed by atoms with E-state index in [2.05, 4.69) is 10.2 Å². The van der Waals surface area contributed by atoms with Crippen LogP contribution in [0.3, 0.4) is 0 Å². The predicted octanol–water partition coefficient (Wildman–Crippen LogP) is 3.43. The van der Waals surface area contributed by atoms with Crippen molar-refractivity contribution in [2.45, 2.75) is 25.2 Å². The van der Waals surface area contributed by atoms with Gasteiger partial charge in [0, 0.05) is 42.2 Å². The lowest BCUT2D eigenvalue weighted by Gasteiger charge is -2.31. The molecule has 0 unspecified atom stereocenters. The smallest absolute Gasteiger partial charge is 0.227 e. The number of ether oxygens (including phenoxy) is 1. The summed E-state index contributed by atoms with van der Waals surface area (Å²) in [5.41, 5.74) is 2.52. The number of amides is 1. The zero-order valence-corrected chi connectivity index (χ0v) is 16.2. The Morgan fingerprint density at radius 1 is 1.21 bits per heavy atom. The Morgan fingerprint density at radius 2 is 2.07 bits per heavy atom. The highest BCUT2D eigenvalue weighted by atomic mass is 16.5. The van der Waals surface area contributed by atoms with Crippen molar-refractivity contribution >= 4 is 22.5 Å². The van der Waals surface area contributed by atoms with Gasteiger partial charge in [-0.15, -0.1) is 10.2 Å². The molecule has 1 fully saturated rings. The van der Waals surface area contributed by atoms with Gasteiger partial charge < -0.3 is 14.1 Å². The minimum absolute atomic E-state index is 0.132. The largest absolute Gasteiger partial charge is 0.497 e. The first-order valence-corrected chi connectivity index (χ1v) is 9.84. The van der Waals surface area contributed by atoms with Gasteiger partial charge in [-0.3, -0.25) is 9.20 Å². The van der Waals surface area contributed by atoms with Gasteiger partial charge >= 0.3 is 0 Å². The second-order valence-corrected chi connectivity index (χ2v) is 7.44. The van der Waals surface area contributed by atoms with E-state index < -0.39 is 0 Å². The van der Waals surface area contributed by atoms with Gasteiger partial charge in [-0.05, 0) is 37.1 Å². The van der Waals surface area contributed by atoms with Crippen LogP contribution in [-0.4, -0.2) is 45.6 Å². The van der Waals surface area contributed by atoms with Crippen molar-refractivity contribution < 1.29 is 13.9 Å². The molecule has 4 aromatic rings. The normalized spacial score (nSPS) is 15.3. The zero-order valence-electron chi connectivity index (χ0n) is 16.2. The Morgan fingerprint density at radius 3 is 2.90 bits per heavy atom. The highest BCUT2D eigenvalue weighted by Gasteiger charge is 2.27. The summed E-state index contributed by atoms with van der Waals surface area (Å²) in [5, 5.41) is 9.60. The monoisotopic (exact) mass is 390 g/mol. The van der Waals surface area contributed by atoms with Gasteiger partial charge in [0.2, 0.25) is 5.91 Å². The summed E-state index contributed by atoms with van der Waals surface area (Å²) in [5.74, 6) is 2.18. The van der Waals surface area contributed by atoms with Crippen LogP contribution in [0.4, 0.5) is 0 Å². The van der Waals surface area contributed by atoms with E-state index in [-0.39, 0.29) is 5.91 Å². The molecule has 4 heterocycles. The average Bonchev–Trinajstić information content (AvgIpc) is 3.37. The van der Waals surface area contributed by atoms with E-state index in [4.69, 9.17) is 9.15 Å². The number of piperidine rings is 1. The van der Waals surface area contributed by atoms with Gasteiger partial charge in [0.05, 0.1) is 19.8 Å². The van der Waals surface area contributed by atoms with E-state index in [1.165, 1.54) is 0 Å². The molecule has 1 aliphatic heterocycles. The molecule has 29 heavy (non-hydrogen) atoms. The van der Waals surface area contributed by atoms with Crippen LogP contribution in [-0.2, 0) is 11.2 Å². The molecule has 0 saturated carbocycles. The number of rotatable bonds is 4. The van der Waals surface area contributed by atoms with E-state index in [0.717, 1.165) is 59.7 Å². The maximum absolute atomic E-state index is 12.9. The molecule has 0 N–H and O–H groups in total. The maximum atomic E-state index is 12.9. The molecule has 1 aromatic carbocycles. The van der Waals surface area contributed by atoms with Crippen LogP contribution >= 0.6 is 0 Å². The summed E-state index contributed by atoms with van der Waals surface area (Å²) < 4.78 is 12.9. The number of methoxy groups -OCH3 is 1. The number of benzene rings is 1. The van der Waals surface area contributed by atoms with Crippen molar-refractivity contribution in [3.05, 3.63) is 60.2 Å². The summed E-state index contributed by atoms with van der Waals surface area (Å²) in [7, 11) is 1.63. The standard InChI is InChI=1S/C22H22N4O3/c1-28-17-5-6-18-16(14-29-19(18)13-17)12-21(27)25-10-7-15(8-11-25)22-24-23-20-4-2-3-9-26(20)22/h2-6,9,13-15H,7-8,10-12H2,1H3. The number of nitrogens with zero attached hydrogens (tertiary/aromatic N) is 4. The molecule has 1 aliphatic rings. The van der Waals surface area contributed by atoms with E-state index in [1.807, 2.05) is 51.9 Å². The molecular formula is C22H22N4O3. The molecular weight excluding hydrogens is 368 g/mol. The molecule has 0 bridgehead atoms. The Kier molecular flexibility index (Phi) is 4.42. The number of carbonyl (C=O) groups is 1. The minimum atomic E-state index is 0.132. The van der Waals surface area contributed by atoms with Gasteiger partial charge in [0.25, 0.3) is 0 Å². The van der Waals surface area contributed by atoms with Crippen LogP contribution in [0.2, 0.25) is 0 Å². The fourth-order valence-electron chi connectivity index (χ4n) is 4.13. The fourth-order valence-corrected chi connectivity index (χ4v) is 4.13. The Labute approximate surface area is 167 Å². The number of hydrogen-bond acceptors (Lipinski definition) is 5. The highest BCUT2D eigenvalue weighted by molar-refractivity contribution is 5.88. The third kappa shape index (κ3) is 3.22. The topological polar surface area (TPSA) is 72.9 Å². The van der Waals surface area contributed by atoms with E-state index in [9.17, 15) is 4.79 Å². The van der Waals surface area contributed by atoms with Crippen LogP contribution in [0.25, 0.3) is 16.6 Å². The Balaban J connectivity index is 1.26. The molecule has 0 aliphatic carbocycles. The molecule has 0 atom stereocenters. The molecule has 0 spiro atoms. The number of furan rings is 1. The first-order chi connectivity index (χ1) is 14.2. The third-order valence-corrected chi connectivity index (χ3v) is 5.76. The zero-order chi connectivity index (χ0) is 19.8. The first kappa shape index (κ1) is 17.7. The second kappa shape index (κ2) is 7.24. The lowest BCUT2D eigenvalue weighted by atomic mass is 9.95. The summed E-state index contributed by atoms with van der Waals surface area (Å²) in [6.07, 6.45) is 5.81. The number of aromatic nitrogens is 3. The fraction of sp³-hybridized carbons (Fsp3) is 0.318. The number of pyridine rings is 1. The van der Waals surface area contributed by atoms with Crippen molar-refractivity contribution in [3.63, 3.8) is 0 Å². The maximum Gasteiger partial charge on any atom is 0.227 e. The first-order valence-electron chi connectivity index (χ1n) is 9.84. The van der Waals surface area contributed by atoms with Crippen LogP contribution in [0.15, 0.2) is 53.3 Å². The van der Waals surface area contributed by atoms with Gasteiger partial charge in [-0.2, -0.15) is 0 Å². The summed E-state index contributed by atoms with van der Waals surface area (Å²) >= 11 is 0. The van der Waals surface area contributed by atoms with Crippen molar-refractivity contribution in [2.75, 3.05) is 20.2 Å². The SMILES string of the molecule is COc1ccc2c(CC(=O)N3CCC(c4nnc5ccccn45)CC3)coc2c1. The molecule has 148 valence electrons. The predicted molar refractivity (Wildman–Crippen MR) is 108 cm³/mol. The number of carbonyl (C=O) groups excluding carboxylic acids is 1. The quantitative estimate of drug-likeness (QED) is 0.534. The van der Waals surface area contributed by atoms with E-state index >= 15 is 0 Å². The Bertz CT molecular complexity index is 1170. The average molecular weight is 390 g/mol. The van der Waals surface area contributed by atoms with E-state index in [1.54, 1.807) is 13.4 Å². The molecule has 0 radical (unpaired) electrons. The second-order valence-electron chi connectivity index (χ2n) is 7.44. The van der Waals surface area contributed by atoms with Crippen LogP contribution < -0.4 is 4.74 Å². The molecule has 7 nitrogen and oxygen atoms in total. The molecule has 5 rings (SSSR count). The molecule has 1 saturated heterocycles. The lowest BCUT2D eigenvalue weighted by Crippen LogP contribution is -2.39. The third-order valence-electron chi connectivity index (χ3n) is 5.76. The van der Waals surface area contributed by atoms with Crippen LogP contribution in [0.1, 0.15) is 30.1 Å². The van der Waals surface area contributed by atoms with Gasteiger partial charge in [0.1, 0.15) is 17.2 Å². The van der Waals surface area contributed by atoms with Crippen molar-refractivity contribution in [3.8, 4) is 5.75 Å². The van der Waals surface area contributed by atoms with Crippen LogP contribution in [0, 0.1) is 0 Å². The van der Waals surface area contributed by atoms with Gasteiger partial charge in [0.15, 0.2) is 5.65 Å². The number of fused-ring (bicyclic) bond motifs is 2. The van der Waals surface area contributed by atoms with E-state index in [0.29, 0.717) is 12.3 Å². The number of likely N-dealkylation sites (tertiary alicyclic amines) is 1. The lowest BCUT2D eigenvalue weighted by molar-refractivity contribution is -0.131.